The van der Waals surface area contributed by atoms with Crippen molar-refractivity contribution in [2.75, 3.05) is 18.5 Å². The third-order valence-corrected chi connectivity index (χ3v) is 5.46. The number of amides is 1. The second kappa shape index (κ2) is 9.48. The van der Waals surface area contributed by atoms with Gasteiger partial charge in [-0.05, 0) is 49.6 Å². The number of anilines is 1. The molecule has 0 heterocycles. The predicted octanol–water partition coefficient (Wildman–Crippen LogP) is 2.79. The molecule has 0 aliphatic heterocycles. The molecule has 0 radical (unpaired) electrons. The fourth-order valence-corrected chi connectivity index (χ4v) is 3.69. The molecule has 0 spiro atoms. The van der Waals surface area contributed by atoms with Crippen LogP contribution in [0.2, 0.25) is 0 Å². The highest BCUT2D eigenvalue weighted by Crippen LogP contribution is 2.19. The maximum atomic E-state index is 12.2. The Morgan fingerprint density at radius 3 is 2.32 bits per heavy atom. The third-order valence-electron chi connectivity index (χ3n) is 4.00. The first-order valence-electron chi connectivity index (χ1n) is 8.87. The fourth-order valence-electron chi connectivity index (χ4n) is 2.51. The lowest BCUT2D eigenvalue weighted by Gasteiger charge is -2.12. The summed E-state index contributed by atoms with van der Waals surface area (Å²) in [5.74, 6) is -1.25. The highest BCUT2D eigenvalue weighted by molar-refractivity contribution is 7.89. The normalized spacial score (nSPS) is 11.1. The molecule has 28 heavy (non-hydrogen) atoms. The summed E-state index contributed by atoms with van der Waals surface area (Å²) >= 11 is 0. The smallest absolute Gasteiger partial charge is 0.338 e. The van der Waals surface area contributed by atoms with Crippen molar-refractivity contribution in [2.45, 2.75) is 32.1 Å². The molecular weight excluding hydrogens is 380 g/mol. The van der Waals surface area contributed by atoms with Gasteiger partial charge in [0.2, 0.25) is 10.0 Å². The Bertz CT molecular complexity index is 950. The molecule has 150 valence electrons. The number of nitrogens with one attached hydrogen (secondary N) is 2. The van der Waals surface area contributed by atoms with Crippen molar-refractivity contribution in [3.8, 4) is 0 Å². The van der Waals surface area contributed by atoms with Crippen molar-refractivity contribution in [1.82, 2.24) is 4.72 Å². The van der Waals surface area contributed by atoms with E-state index in [1.807, 2.05) is 39.0 Å². The summed E-state index contributed by atoms with van der Waals surface area (Å²) < 4.78 is 31.8. The maximum Gasteiger partial charge on any atom is 0.338 e. The molecule has 2 aromatic rings. The molecular formula is C20H24N2O5S. The minimum Gasteiger partial charge on any atom is -0.452 e. The Morgan fingerprint density at radius 1 is 1.04 bits per heavy atom. The summed E-state index contributed by atoms with van der Waals surface area (Å²) in [6.07, 6.45) is 0.649. The van der Waals surface area contributed by atoms with Crippen LogP contribution in [0.1, 0.15) is 34.8 Å². The number of sulfonamides is 1. The Kier molecular flexibility index (Phi) is 7.31. The van der Waals surface area contributed by atoms with Gasteiger partial charge in [-0.1, -0.05) is 31.2 Å². The average Bonchev–Trinajstić information content (AvgIpc) is 2.67. The first-order valence-corrected chi connectivity index (χ1v) is 10.4. The summed E-state index contributed by atoms with van der Waals surface area (Å²) in [7, 11) is -3.70. The van der Waals surface area contributed by atoms with Gasteiger partial charge >= 0.3 is 5.97 Å². The van der Waals surface area contributed by atoms with Crippen LogP contribution in [0.15, 0.2) is 47.4 Å². The zero-order chi connectivity index (χ0) is 20.7. The number of esters is 1. The molecule has 0 bridgehead atoms. The topological polar surface area (TPSA) is 102 Å². The Hall–Kier alpha value is -2.71. The first kappa shape index (κ1) is 21.6. The molecule has 0 aliphatic carbocycles. The minimum atomic E-state index is -3.70. The van der Waals surface area contributed by atoms with E-state index in [2.05, 4.69) is 10.0 Å². The summed E-state index contributed by atoms with van der Waals surface area (Å²) in [6, 6.07) is 11.1. The molecule has 0 fully saturated rings. The van der Waals surface area contributed by atoms with Crippen molar-refractivity contribution in [1.29, 1.82) is 0 Å². The summed E-state index contributed by atoms with van der Waals surface area (Å²) in [4.78, 5) is 24.3. The Balaban J connectivity index is 2.01. The number of hydrogen-bond acceptors (Lipinski definition) is 5. The molecule has 0 unspecified atom stereocenters. The van der Waals surface area contributed by atoms with E-state index in [0.29, 0.717) is 18.7 Å². The summed E-state index contributed by atoms with van der Waals surface area (Å²) in [5, 5.41) is 2.72. The molecule has 8 heteroatoms. The highest BCUT2D eigenvalue weighted by Gasteiger charge is 2.17. The Labute approximate surface area is 165 Å². The molecule has 0 atom stereocenters. The van der Waals surface area contributed by atoms with Gasteiger partial charge < -0.3 is 10.1 Å². The molecule has 0 aliphatic rings. The van der Waals surface area contributed by atoms with Gasteiger partial charge in [-0.25, -0.2) is 17.9 Å². The quantitative estimate of drug-likeness (QED) is 0.659. The number of aryl methyl sites for hydroxylation is 2. The summed E-state index contributed by atoms with van der Waals surface area (Å²) in [5.41, 5.74) is 2.53. The Morgan fingerprint density at radius 2 is 1.68 bits per heavy atom. The van der Waals surface area contributed by atoms with Crippen molar-refractivity contribution in [3.05, 3.63) is 59.2 Å². The molecule has 1 amide bonds. The number of carbonyl (C=O) groups excluding carboxylic acids is 2. The zero-order valence-corrected chi connectivity index (χ0v) is 16.9. The van der Waals surface area contributed by atoms with Crippen molar-refractivity contribution >= 4 is 27.6 Å². The number of rotatable bonds is 8. The van der Waals surface area contributed by atoms with Crippen LogP contribution in [0.3, 0.4) is 0 Å². The lowest BCUT2D eigenvalue weighted by atomic mass is 10.1. The fraction of sp³-hybridized carbons (Fsp3) is 0.300. The largest absolute Gasteiger partial charge is 0.452 e. The lowest BCUT2D eigenvalue weighted by molar-refractivity contribution is -0.119. The minimum absolute atomic E-state index is 0.0320. The third kappa shape index (κ3) is 5.64. The van der Waals surface area contributed by atoms with Gasteiger partial charge in [0, 0.05) is 12.2 Å². The van der Waals surface area contributed by atoms with E-state index in [0.717, 1.165) is 11.1 Å². The van der Waals surface area contributed by atoms with Crippen LogP contribution >= 0.6 is 0 Å². The standard InChI is InChI=1S/C20H24N2O5S/c1-4-11-21-28(25,26)17-10-6-9-16(12-17)20(24)27-13-18(23)22-19-14(2)7-5-8-15(19)3/h5-10,12,21H,4,11,13H2,1-3H3,(H,22,23). The van der Waals surface area contributed by atoms with Gasteiger partial charge in [0.05, 0.1) is 10.5 Å². The molecule has 2 aromatic carbocycles. The van der Waals surface area contributed by atoms with Crippen LogP contribution in [-0.4, -0.2) is 33.4 Å². The zero-order valence-electron chi connectivity index (χ0n) is 16.1. The van der Waals surface area contributed by atoms with Crippen LogP contribution in [0.5, 0.6) is 0 Å². The van der Waals surface area contributed by atoms with Gasteiger partial charge in [0.15, 0.2) is 6.61 Å². The van der Waals surface area contributed by atoms with Crippen molar-refractivity contribution < 1.29 is 22.7 Å². The molecule has 0 aromatic heterocycles. The molecule has 2 rings (SSSR count). The van der Waals surface area contributed by atoms with Crippen LogP contribution in [0.25, 0.3) is 0 Å². The van der Waals surface area contributed by atoms with Crippen LogP contribution < -0.4 is 10.0 Å². The van der Waals surface area contributed by atoms with E-state index < -0.39 is 28.5 Å². The summed E-state index contributed by atoms with van der Waals surface area (Å²) in [6.45, 7) is 5.41. The molecule has 7 nitrogen and oxygen atoms in total. The van der Waals surface area contributed by atoms with Gasteiger partial charge in [-0.2, -0.15) is 0 Å². The molecule has 0 saturated heterocycles. The molecule has 2 N–H and O–H groups in total. The lowest BCUT2D eigenvalue weighted by Crippen LogP contribution is -2.25. The second-order valence-electron chi connectivity index (χ2n) is 6.32. The second-order valence-corrected chi connectivity index (χ2v) is 8.08. The van der Waals surface area contributed by atoms with Gasteiger partial charge in [-0.15, -0.1) is 0 Å². The van der Waals surface area contributed by atoms with Crippen LogP contribution in [0.4, 0.5) is 5.69 Å². The maximum absolute atomic E-state index is 12.2. The monoisotopic (exact) mass is 404 g/mol. The molecule has 0 saturated carbocycles. The van der Waals surface area contributed by atoms with Crippen LogP contribution in [-0.2, 0) is 19.6 Å². The highest BCUT2D eigenvalue weighted by atomic mass is 32.2. The van der Waals surface area contributed by atoms with E-state index in [4.69, 9.17) is 4.74 Å². The van der Waals surface area contributed by atoms with E-state index in [1.54, 1.807) is 0 Å². The number of hydrogen-bond donors (Lipinski definition) is 2. The van der Waals surface area contributed by atoms with E-state index in [-0.39, 0.29) is 10.5 Å². The van der Waals surface area contributed by atoms with Gasteiger partial charge in [-0.3, -0.25) is 4.79 Å². The van der Waals surface area contributed by atoms with Crippen LogP contribution in [0, 0.1) is 13.8 Å². The number of carbonyl (C=O) groups is 2. The SMILES string of the molecule is CCCNS(=O)(=O)c1cccc(C(=O)OCC(=O)Nc2c(C)cccc2C)c1. The van der Waals surface area contributed by atoms with Crippen molar-refractivity contribution in [2.24, 2.45) is 0 Å². The van der Waals surface area contributed by atoms with Gasteiger partial charge in [0.25, 0.3) is 5.91 Å². The number of benzene rings is 2. The van der Waals surface area contributed by atoms with Crippen molar-refractivity contribution in [3.63, 3.8) is 0 Å². The number of para-hydroxylation sites is 1. The van der Waals surface area contributed by atoms with E-state index >= 15 is 0 Å². The van der Waals surface area contributed by atoms with E-state index in [1.165, 1.54) is 24.3 Å². The van der Waals surface area contributed by atoms with Gasteiger partial charge in [0.1, 0.15) is 0 Å². The first-order chi connectivity index (χ1) is 13.2. The predicted molar refractivity (Wildman–Crippen MR) is 107 cm³/mol. The number of ether oxygens (including phenoxy) is 1. The van der Waals surface area contributed by atoms with E-state index in [9.17, 15) is 18.0 Å². The average molecular weight is 404 g/mol.